The summed E-state index contributed by atoms with van der Waals surface area (Å²) in [5, 5.41) is 8.84. The summed E-state index contributed by atoms with van der Waals surface area (Å²) in [5.41, 5.74) is 1.95. The zero-order valence-corrected chi connectivity index (χ0v) is 19.6. The van der Waals surface area contributed by atoms with Crippen LogP contribution in [0.15, 0.2) is 29.3 Å². The third kappa shape index (κ3) is 4.19. The van der Waals surface area contributed by atoms with Crippen LogP contribution in [-0.4, -0.2) is 12.4 Å². The number of rotatable bonds is 4. The molecule has 1 aliphatic carbocycles. The van der Waals surface area contributed by atoms with Gasteiger partial charge in [-0.15, -0.1) is 0 Å². The van der Waals surface area contributed by atoms with Gasteiger partial charge in [0.05, 0.1) is 17.3 Å². The Balaban J connectivity index is 1.98. The van der Waals surface area contributed by atoms with Gasteiger partial charge in [0.1, 0.15) is 10.7 Å². The number of nitrogens with zero attached hydrogens (tertiary/aromatic N) is 2. The lowest BCUT2D eigenvalue weighted by atomic mass is 9.72. The highest BCUT2D eigenvalue weighted by Crippen LogP contribution is 2.42. The van der Waals surface area contributed by atoms with Gasteiger partial charge in [-0.25, -0.2) is 12.8 Å². The summed E-state index contributed by atoms with van der Waals surface area (Å²) in [4.78, 5) is 0.197. The second kappa shape index (κ2) is 7.88. The molecule has 150 valence electrons. The van der Waals surface area contributed by atoms with E-state index in [1.807, 2.05) is 10.0 Å². The van der Waals surface area contributed by atoms with Crippen molar-refractivity contribution in [2.24, 2.45) is 11.3 Å². The van der Waals surface area contributed by atoms with Crippen LogP contribution in [0.2, 0.25) is 0 Å². The van der Waals surface area contributed by atoms with Crippen molar-refractivity contribution in [2.45, 2.75) is 44.9 Å². The van der Waals surface area contributed by atoms with E-state index in [2.05, 4.69) is 46.7 Å². The molecule has 3 rings (SSSR count). The Hall–Kier alpha value is -1.25. The van der Waals surface area contributed by atoms with E-state index in [1.165, 1.54) is 21.3 Å². The van der Waals surface area contributed by atoms with Gasteiger partial charge in [0.25, 0.3) is 10.0 Å². The van der Waals surface area contributed by atoms with E-state index in [1.54, 1.807) is 6.20 Å². The number of benzene rings is 1. The standard InChI is InChI=1S/C19H21FIN3O2S2/c1-19(2,3)13-5-6-14-17(9-13)24(27-21)11-18(14)28(25,26)23-16-7-4-12(10-22)8-15(16)20/h4,7-8,11,13,23H,5-6,9H2,1-3H3. The fourth-order valence-corrected chi connectivity index (χ4v) is 6.46. The van der Waals surface area contributed by atoms with Crippen molar-refractivity contribution in [3.8, 4) is 6.07 Å². The lowest BCUT2D eigenvalue weighted by molar-refractivity contribution is 0.214. The molecule has 1 heterocycles. The molecule has 0 fully saturated rings. The van der Waals surface area contributed by atoms with E-state index in [9.17, 15) is 12.8 Å². The SMILES string of the molecule is CC(C)(C)C1CCc2c(S(=O)(=O)Nc3ccc(C#N)cc3F)cn(SI)c2C1. The minimum Gasteiger partial charge on any atom is -0.286 e. The molecule has 1 N–H and O–H groups in total. The molecular weight excluding hydrogens is 512 g/mol. The molecule has 1 aromatic heterocycles. The number of hydrogen-bond acceptors (Lipinski definition) is 4. The molecule has 2 aromatic rings. The highest BCUT2D eigenvalue weighted by molar-refractivity contribution is 14.2. The minimum atomic E-state index is -3.95. The third-order valence-electron chi connectivity index (χ3n) is 5.26. The van der Waals surface area contributed by atoms with Crippen molar-refractivity contribution < 1.29 is 12.8 Å². The molecule has 0 saturated carbocycles. The molecule has 28 heavy (non-hydrogen) atoms. The van der Waals surface area contributed by atoms with Gasteiger partial charge in [0.15, 0.2) is 0 Å². The predicted octanol–water partition coefficient (Wildman–Crippen LogP) is 5.30. The van der Waals surface area contributed by atoms with Crippen molar-refractivity contribution in [1.82, 2.24) is 3.97 Å². The maximum absolute atomic E-state index is 14.2. The molecule has 1 unspecified atom stereocenters. The van der Waals surface area contributed by atoms with Crippen molar-refractivity contribution in [1.29, 1.82) is 5.26 Å². The van der Waals surface area contributed by atoms with Gasteiger partial charge in [0, 0.05) is 42.2 Å². The number of nitriles is 1. The maximum atomic E-state index is 14.2. The van der Waals surface area contributed by atoms with Crippen LogP contribution < -0.4 is 4.72 Å². The first kappa shape index (κ1) is 21.5. The zero-order chi connectivity index (χ0) is 20.7. The highest BCUT2D eigenvalue weighted by atomic mass is 127. The minimum absolute atomic E-state index is 0.138. The second-order valence-electron chi connectivity index (χ2n) is 8.03. The van der Waals surface area contributed by atoms with Gasteiger partial charge in [0.2, 0.25) is 0 Å². The largest absolute Gasteiger partial charge is 0.286 e. The average molecular weight is 533 g/mol. The number of nitrogens with one attached hydrogen (secondary N) is 1. The molecular formula is C19H21FIN3O2S2. The average Bonchev–Trinajstić information content (AvgIpc) is 3.01. The normalized spacial score (nSPS) is 17.1. The van der Waals surface area contributed by atoms with Crippen molar-refractivity contribution in [2.75, 3.05) is 4.72 Å². The number of anilines is 1. The fraction of sp³-hybridized carbons (Fsp3) is 0.421. The zero-order valence-electron chi connectivity index (χ0n) is 15.8. The number of aromatic nitrogens is 1. The van der Waals surface area contributed by atoms with Crippen LogP contribution in [-0.2, 0) is 22.9 Å². The topological polar surface area (TPSA) is 74.9 Å². The molecule has 0 bridgehead atoms. The number of hydrogen-bond donors (Lipinski definition) is 1. The van der Waals surface area contributed by atoms with Crippen LogP contribution in [0.3, 0.4) is 0 Å². The van der Waals surface area contributed by atoms with Gasteiger partial charge in [-0.05, 0) is 54.4 Å². The lowest BCUT2D eigenvalue weighted by Gasteiger charge is -2.34. The first-order chi connectivity index (χ1) is 13.1. The molecule has 1 aliphatic rings. The van der Waals surface area contributed by atoms with Gasteiger partial charge >= 0.3 is 0 Å². The Morgan fingerprint density at radius 1 is 1.39 bits per heavy atom. The van der Waals surface area contributed by atoms with E-state index >= 15 is 0 Å². The molecule has 0 saturated heterocycles. The number of sulfonamides is 1. The highest BCUT2D eigenvalue weighted by Gasteiger charge is 2.35. The van der Waals surface area contributed by atoms with E-state index in [0.717, 1.165) is 30.2 Å². The van der Waals surface area contributed by atoms with Gasteiger partial charge in [-0.1, -0.05) is 20.8 Å². The summed E-state index contributed by atoms with van der Waals surface area (Å²) in [7, 11) is -2.52. The Labute approximate surface area is 181 Å². The molecule has 0 amide bonds. The monoisotopic (exact) mass is 533 g/mol. The van der Waals surface area contributed by atoms with Gasteiger partial charge < -0.3 is 0 Å². The lowest BCUT2D eigenvalue weighted by Crippen LogP contribution is -2.28. The van der Waals surface area contributed by atoms with Crippen LogP contribution in [0.4, 0.5) is 10.1 Å². The first-order valence-corrected chi connectivity index (χ1v) is 13.6. The predicted molar refractivity (Wildman–Crippen MR) is 118 cm³/mol. The number of fused-ring (bicyclic) bond motifs is 1. The van der Waals surface area contributed by atoms with Crippen LogP contribution in [0.1, 0.15) is 44.0 Å². The van der Waals surface area contributed by atoms with Crippen molar-refractivity contribution in [3.63, 3.8) is 0 Å². The third-order valence-corrected chi connectivity index (χ3v) is 8.43. The fourth-order valence-electron chi connectivity index (χ4n) is 3.57. The van der Waals surface area contributed by atoms with Crippen LogP contribution in [0.25, 0.3) is 0 Å². The van der Waals surface area contributed by atoms with Crippen molar-refractivity contribution in [3.05, 3.63) is 47.0 Å². The molecule has 0 radical (unpaired) electrons. The van der Waals surface area contributed by atoms with E-state index in [0.29, 0.717) is 12.3 Å². The number of halogens is 2. The quantitative estimate of drug-likeness (QED) is 0.542. The summed E-state index contributed by atoms with van der Waals surface area (Å²) in [6, 6.07) is 5.51. The Bertz CT molecular complexity index is 1050. The van der Waals surface area contributed by atoms with E-state index in [-0.39, 0.29) is 21.6 Å². The Kier molecular flexibility index (Phi) is 6.04. The van der Waals surface area contributed by atoms with Gasteiger partial charge in [-0.2, -0.15) is 5.26 Å². The summed E-state index contributed by atoms with van der Waals surface area (Å²) in [6.07, 6.45) is 4.03. The first-order valence-electron chi connectivity index (χ1n) is 8.81. The summed E-state index contributed by atoms with van der Waals surface area (Å²) in [5.74, 6) is -0.302. The van der Waals surface area contributed by atoms with Crippen LogP contribution >= 0.6 is 30.3 Å². The van der Waals surface area contributed by atoms with Crippen LogP contribution in [0, 0.1) is 28.5 Å². The molecule has 1 aromatic carbocycles. The van der Waals surface area contributed by atoms with Gasteiger partial charge in [-0.3, -0.25) is 8.69 Å². The second-order valence-corrected chi connectivity index (χ2v) is 11.4. The molecule has 0 aliphatic heterocycles. The molecule has 5 nitrogen and oxygen atoms in total. The Morgan fingerprint density at radius 3 is 2.68 bits per heavy atom. The summed E-state index contributed by atoms with van der Waals surface area (Å²) in [6.45, 7) is 6.63. The van der Waals surface area contributed by atoms with E-state index in [4.69, 9.17) is 5.26 Å². The molecule has 9 heteroatoms. The van der Waals surface area contributed by atoms with Crippen molar-refractivity contribution >= 4 is 46.0 Å². The molecule has 0 spiro atoms. The van der Waals surface area contributed by atoms with Crippen LogP contribution in [0.5, 0.6) is 0 Å². The smallest absolute Gasteiger partial charge is 0.263 e. The summed E-state index contributed by atoms with van der Waals surface area (Å²) < 4.78 is 44.5. The Morgan fingerprint density at radius 2 is 2.11 bits per heavy atom. The maximum Gasteiger partial charge on any atom is 0.263 e. The molecule has 1 atom stereocenters. The summed E-state index contributed by atoms with van der Waals surface area (Å²) >= 11 is 2.14. The van der Waals surface area contributed by atoms with E-state index < -0.39 is 15.8 Å².